The standard InChI is InChI=1S/C24H31N3O2S/c1-6-7-10-20-22(26-24(3,4)5)19-11-8-9-12-21(19)25-23(20)27-30(28,29)18-15-13-17(2)14-16-18/h8-9,11-16H,6-7,10H2,1-5H3,(H2,25,26,27). The van der Waals surface area contributed by atoms with Gasteiger partial charge in [0.15, 0.2) is 0 Å². The molecule has 0 aliphatic carbocycles. The number of anilines is 2. The molecule has 0 saturated carbocycles. The third-order valence-electron chi connectivity index (χ3n) is 4.84. The first-order valence-electron chi connectivity index (χ1n) is 10.4. The van der Waals surface area contributed by atoms with Crippen LogP contribution in [0.5, 0.6) is 0 Å². The predicted octanol–water partition coefficient (Wildman–Crippen LogP) is 5.90. The molecule has 0 unspecified atom stereocenters. The first kappa shape index (κ1) is 22.1. The smallest absolute Gasteiger partial charge is 0.263 e. The summed E-state index contributed by atoms with van der Waals surface area (Å²) >= 11 is 0. The van der Waals surface area contributed by atoms with Crippen molar-refractivity contribution in [2.24, 2.45) is 0 Å². The first-order valence-corrected chi connectivity index (χ1v) is 11.9. The zero-order valence-corrected chi connectivity index (χ0v) is 19.2. The van der Waals surface area contributed by atoms with Crippen molar-refractivity contribution in [2.45, 2.75) is 64.3 Å². The van der Waals surface area contributed by atoms with Crippen molar-refractivity contribution in [1.82, 2.24) is 4.98 Å². The number of nitrogens with one attached hydrogen (secondary N) is 2. The van der Waals surface area contributed by atoms with Crippen LogP contribution in [0.2, 0.25) is 0 Å². The van der Waals surface area contributed by atoms with E-state index in [0.717, 1.165) is 47.0 Å². The van der Waals surface area contributed by atoms with E-state index in [9.17, 15) is 8.42 Å². The summed E-state index contributed by atoms with van der Waals surface area (Å²) in [5.41, 5.74) is 3.44. The van der Waals surface area contributed by atoms with Crippen LogP contribution in [-0.4, -0.2) is 18.9 Å². The predicted molar refractivity (Wildman–Crippen MR) is 126 cm³/mol. The van der Waals surface area contributed by atoms with E-state index in [1.54, 1.807) is 24.3 Å². The van der Waals surface area contributed by atoms with E-state index >= 15 is 0 Å². The summed E-state index contributed by atoms with van der Waals surface area (Å²) in [6.45, 7) is 10.4. The molecule has 2 N–H and O–H groups in total. The number of unbranched alkanes of at least 4 members (excludes halogenated alkanes) is 1. The zero-order chi connectivity index (χ0) is 21.9. The minimum absolute atomic E-state index is 0.182. The van der Waals surface area contributed by atoms with Crippen LogP contribution in [-0.2, 0) is 16.4 Å². The summed E-state index contributed by atoms with van der Waals surface area (Å²) < 4.78 is 29.0. The van der Waals surface area contributed by atoms with Gasteiger partial charge in [-0.2, -0.15) is 0 Å². The fraction of sp³-hybridized carbons (Fsp3) is 0.375. The molecule has 2 aromatic carbocycles. The summed E-state index contributed by atoms with van der Waals surface area (Å²) in [5.74, 6) is 0.398. The molecule has 160 valence electrons. The molecule has 3 aromatic rings. The van der Waals surface area contributed by atoms with Crippen molar-refractivity contribution in [2.75, 3.05) is 10.0 Å². The quantitative estimate of drug-likeness (QED) is 0.494. The second-order valence-corrected chi connectivity index (χ2v) is 10.4. The molecule has 1 aromatic heterocycles. The molecule has 0 aliphatic heterocycles. The lowest BCUT2D eigenvalue weighted by molar-refractivity contribution is 0.601. The lowest BCUT2D eigenvalue weighted by atomic mass is 10.00. The molecule has 0 amide bonds. The number of sulfonamides is 1. The Balaban J connectivity index is 2.18. The summed E-state index contributed by atoms with van der Waals surface area (Å²) in [6, 6.07) is 14.7. The molecule has 30 heavy (non-hydrogen) atoms. The molecule has 0 radical (unpaired) electrons. The van der Waals surface area contributed by atoms with Crippen molar-refractivity contribution in [3.05, 3.63) is 59.7 Å². The molecule has 1 heterocycles. The third-order valence-corrected chi connectivity index (χ3v) is 6.19. The Morgan fingerprint density at radius 1 is 1.00 bits per heavy atom. The molecule has 0 aliphatic rings. The van der Waals surface area contributed by atoms with Gasteiger partial charge in [0.2, 0.25) is 0 Å². The summed E-state index contributed by atoms with van der Waals surface area (Å²) in [7, 11) is -3.75. The number of hydrogen-bond acceptors (Lipinski definition) is 4. The van der Waals surface area contributed by atoms with Gasteiger partial charge in [0.25, 0.3) is 10.0 Å². The topological polar surface area (TPSA) is 71.1 Å². The van der Waals surface area contributed by atoms with E-state index in [2.05, 4.69) is 37.7 Å². The van der Waals surface area contributed by atoms with Crippen LogP contribution in [0.1, 0.15) is 51.7 Å². The van der Waals surface area contributed by atoms with Crippen molar-refractivity contribution < 1.29 is 8.42 Å². The van der Waals surface area contributed by atoms with Crippen LogP contribution >= 0.6 is 0 Å². The molecule has 0 bridgehead atoms. The van der Waals surface area contributed by atoms with Crippen molar-refractivity contribution in [3.8, 4) is 0 Å². The Kier molecular flexibility index (Phi) is 6.36. The molecule has 0 atom stereocenters. The number of fused-ring (bicyclic) bond motifs is 1. The van der Waals surface area contributed by atoms with Crippen LogP contribution in [0.15, 0.2) is 53.4 Å². The van der Waals surface area contributed by atoms with Gasteiger partial charge in [-0.25, -0.2) is 13.4 Å². The van der Waals surface area contributed by atoms with E-state index in [-0.39, 0.29) is 10.4 Å². The number of pyridine rings is 1. The van der Waals surface area contributed by atoms with E-state index < -0.39 is 10.0 Å². The minimum Gasteiger partial charge on any atom is -0.380 e. The van der Waals surface area contributed by atoms with Crippen LogP contribution in [0.25, 0.3) is 10.9 Å². The van der Waals surface area contributed by atoms with Gasteiger partial charge in [0.1, 0.15) is 5.82 Å². The second-order valence-electron chi connectivity index (χ2n) is 8.73. The number of aryl methyl sites for hydroxylation is 1. The van der Waals surface area contributed by atoms with Gasteiger partial charge in [0, 0.05) is 16.5 Å². The fourth-order valence-electron chi connectivity index (χ4n) is 3.35. The van der Waals surface area contributed by atoms with E-state index in [1.165, 1.54) is 0 Å². The van der Waals surface area contributed by atoms with Crippen LogP contribution in [0, 0.1) is 6.92 Å². The van der Waals surface area contributed by atoms with Crippen LogP contribution < -0.4 is 10.0 Å². The van der Waals surface area contributed by atoms with Gasteiger partial charge < -0.3 is 5.32 Å². The third kappa shape index (κ3) is 5.11. The normalized spacial score (nSPS) is 12.2. The fourth-order valence-corrected chi connectivity index (χ4v) is 4.39. The number of para-hydroxylation sites is 1. The highest BCUT2D eigenvalue weighted by Crippen LogP contribution is 2.35. The average molecular weight is 426 g/mol. The number of hydrogen-bond donors (Lipinski definition) is 2. The Labute approximate surface area is 180 Å². The average Bonchev–Trinajstić information content (AvgIpc) is 2.66. The zero-order valence-electron chi connectivity index (χ0n) is 18.4. The molecule has 0 spiro atoms. The Hall–Kier alpha value is -2.60. The molecule has 6 heteroatoms. The van der Waals surface area contributed by atoms with Crippen molar-refractivity contribution >= 4 is 32.4 Å². The number of aromatic nitrogens is 1. The lowest BCUT2D eigenvalue weighted by Crippen LogP contribution is -2.27. The SMILES string of the molecule is CCCCc1c(NS(=O)(=O)c2ccc(C)cc2)nc2ccccc2c1NC(C)(C)C. The molecule has 0 fully saturated rings. The Morgan fingerprint density at radius 3 is 2.30 bits per heavy atom. The highest BCUT2D eigenvalue weighted by Gasteiger charge is 2.23. The van der Waals surface area contributed by atoms with E-state index in [1.807, 2.05) is 31.2 Å². The summed E-state index contributed by atoms with van der Waals surface area (Å²) in [4.78, 5) is 4.95. The van der Waals surface area contributed by atoms with Crippen LogP contribution in [0.4, 0.5) is 11.5 Å². The highest BCUT2D eigenvalue weighted by molar-refractivity contribution is 7.92. The van der Waals surface area contributed by atoms with Crippen LogP contribution in [0.3, 0.4) is 0 Å². The Bertz CT molecular complexity index is 1130. The van der Waals surface area contributed by atoms with E-state index in [0.29, 0.717) is 5.82 Å². The largest absolute Gasteiger partial charge is 0.380 e. The van der Waals surface area contributed by atoms with Gasteiger partial charge in [0.05, 0.1) is 16.1 Å². The minimum atomic E-state index is -3.75. The molecule has 5 nitrogen and oxygen atoms in total. The maximum atomic E-state index is 13.1. The van der Waals surface area contributed by atoms with Gasteiger partial charge in [-0.1, -0.05) is 49.2 Å². The molecule has 3 rings (SSSR count). The van der Waals surface area contributed by atoms with E-state index in [4.69, 9.17) is 4.98 Å². The lowest BCUT2D eigenvalue weighted by Gasteiger charge is -2.27. The summed E-state index contributed by atoms with van der Waals surface area (Å²) in [6.07, 6.45) is 2.68. The van der Waals surface area contributed by atoms with Crippen molar-refractivity contribution in [3.63, 3.8) is 0 Å². The summed E-state index contributed by atoms with van der Waals surface area (Å²) in [5, 5.41) is 4.60. The molecule has 0 saturated heterocycles. The maximum absolute atomic E-state index is 13.1. The number of nitrogens with zero attached hydrogens (tertiary/aromatic N) is 1. The monoisotopic (exact) mass is 425 g/mol. The number of benzene rings is 2. The van der Waals surface area contributed by atoms with Gasteiger partial charge in [-0.15, -0.1) is 0 Å². The van der Waals surface area contributed by atoms with Gasteiger partial charge in [-0.05, 0) is 58.7 Å². The number of rotatable bonds is 7. The maximum Gasteiger partial charge on any atom is 0.263 e. The Morgan fingerprint density at radius 2 is 1.67 bits per heavy atom. The first-order chi connectivity index (χ1) is 14.1. The van der Waals surface area contributed by atoms with Gasteiger partial charge >= 0.3 is 0 Å². The van der Waals surface area contributed by atoms with Gasteiger partial charge in [-0.3, -0.25) is 4.72 Å². The molecular weight excluding hydrogens is 394 g/mol. The second kappa shape index (κ2) is 8.64. The molecular formula is C24H31N3O2S. The highest BCUT2D eigenvalue weighted by atomic mass is 32.2. The van der Waals surface area contributed by atoms with Crippen molar-refractivity contribution in [1.29, 1.82) is 0 Å².